The molecule has 3 nitrogen and oxygen atoms in total. The number of fused-ring (bicyclic) bond motifs is 2. The molecule has 1 aromatic carbocycles. The maximum Gasteiger partial charge on any atom is 0.308 e. The second-order valence-electron chi connectivity index (χ2n) is 4.61. The Morgan fingerprint density at radius 3 is 2.79 bits per heavy atom. The second-order valence-corrected chi connectivity index (χ2v) is 5.83. The van der Waals surface area contributed by atoms with E-state index in [2.05, 4.69) is 0 Å². The van der Waals surface area contributed by atoms with Crippen LogP contribution in [-0.2, 0) is 24.1 Å². The first-order valence-corrected chi connectivity index (χ1v) is 6.93. The van der Waals surface area contributed by atoms with Gasteiger partial charge in [0.1, 0.15) is 0 Å². The van der Waals surface area contributed by atoms with Crippen LogP contribution in [0.1, 0.15) is 31.2 Å². The summed E-state index contributed by atoms with van der Waals surface area (Å²) in [6.45, 7) is 0. The number of aryl methyl sites for hydroxylation is 2. The van der Waals surface area contributed by atoms with Gasteiger partial charge in [-0.2, -0.15) is 0 Å². The highest BCUT2D eigenvalue weighted by molar-refractivity contribution is 7.12. The zero-order valence-corrected chi connectivity index (χ0v) is 11.0. The molecule has 3 rings (SSSR count). The van der Waals surface area contributed by atoms with Crippen LogP contribution in [0.4, 0.5) is 0 Å². The molecule has 0 saturated heterocycles. The normalized spacial score (nSPS) is 13.6. The number of carboxylic acid groups (broad SMARTS) is 1. The lowest BCUT2D eigenvalue weighted by molar-refractivity contribution is -0.136. The van der Waals surface area contributed by atoms with E-state index < -0.39 is 5.97 Å². The Hall–Kier alpha value is -1.94. The molecule has 0 fully saturated rings. The van der Waals surface area contributed by atoms with Gasteiger partial charge in [0.25, 0.3) is 0 Å². The van der Waals surface area contributed by atoms with E-state index in [4.69, 9.17) is 5.11 Å². The molecule has 0 spiro atoms. The van der Waals surface area contributed by atoms with E-state index in [9.17, 15) is 9.59 Å². The molecule has 0 unspecified atom stereocenters. The Kier molecular flexibility index (Phi) is 2.95. The Morgan fingerprint density at radius 2 is 2.00 bits per heavy atom. The first kappa shape index (κ1) is 12.1. The molecule has 19 heavy (non-hydrogen) atoms. The van der Waals surface area contributed by atoms with Crippen molar-refractivity contribution in [2.45, 2.75) is 19.3 Å². The number of ketones is 1. The van der Waals surface area contributed by atoms with E-state index >= 15 is 0 Å². The molecule has 0 saturated carbocycles. The van der Waals surface area contributed by atoms with E-state index in [1.54, 1.807) is 6.07 Å². The molecule has 1 N–H and O–H groups in total. The van der Waals surface area contributed by atoms with E-state index in [0.717, 1.165) is 33.7 Å². The van der Waals surface area contributed by atoms with Gasteiger partial charge < -0.3 is 5.11 Å². The molecular formula is C15H12O3S. The summed E-state index contributed by atoms with van der Waals surface area (Å²) in [6.07, 6.45) is 1.64. The maximum absolute atomic E-state index is 12.5. The van der Waals surface area contributed by atoms with Crippen LogP contribution >= 0.6 is 11.3 Å². The molecule has 0 bridgehead atoms. The molecule has 1 aliphatic carbocycles. The second kappa shape index (κ2) is 4.63. The van der Waals surface area contributed by atoms with E-state index in [1.807, 2.05) is 24.3 Å². The fraction of sp³-hybridized carbons (Fsp3) is 0.200. The fourth-order valence-electron chi connectivity index (χ4n) is 2.45. The molecule has 4 heteroatoms. The van der Waals surface area contributed by atoms with Crippen molar-refractivity contribution in [2.75, 3.05) is 0 Å². The number of carbonyl (C=O) groups is 2. The van der Waals surface area contributed by atoms with E-state index in [0.29, 0.717) is 5.56 Å². The monoisotopic (exact) mass is 272 g/mol. The molecular weight excluding hydrogens is 260 g/mol. The first-order valence-electron chi connectivity index (χ1n) is 6.11. The minimum Gasteiger partial charge on any atom is -0.481 e. The lowest BCUT2D eigenvalue weighted by atomic mass is 10.0. The van der Waals surface area contributed by atoms with E-state index in [-0.39, 0.29) is 12.2 Å². The minimum atomic E-state index is -0.857. The van der Waals surface area contributed by atoms with Crippen molar-refractivity contribution in [1.82, 2.24) is 0 Å². The van der Waals surface area contributed by atoms with E-state index in [1.165, 1.54) is 11.3 Å². The van der Waals surface area contributed by atoms with Crippen LogP contribution in [0.2, 0.25) is 0 Å². The van der Waals surface area contributed by atoms with Gasteiger partial charge in [0.05, 0.1) is 6.42 Å². The predicted molar refractivity (Wildman–Crippen MR) is 72.9 cm³/mol. The molecule has 0 aliphatic heterocycles. The van der Waals surface area contributed by atoms with Crippen molar-refractivity contribution in [1.29, 1.82) is 0 Å². The number of hydrogen-bond acceptors (Lipinski definition) is 3. The zero-order valence-electron chi connectivity index (χ0n) is 10.2. The van der Waals surface area contributed by atoms with Gasteiger partial charge >= 0.3 is 5.97 Å². The lowest BCUT2D eigenvalue weighted by Crippen LogP contribution is -2.02. The summed E-state index contributed by atoms with van der Waals surface area (Å²) >= 11 is 1.45. The number of rotatable bonds is 2. The van der Waals surface area contributed by atoms with Crippen molar-refractivity contribution in [3.63, 3.8) is 0 Å². The molecule has 96 valence electrons. The summed E-state index contributed by atoms with van der Waals surface area (Å²) in [6, 6.07) is 9.40. The maximum atomic E-state index is 12.5. The first-order chi connectivity index (χ1) is 9.15. The smallest absolute Gasteiger partial charge is 0.308 e. The third-order valence-electron chi connectivity index (χ3n) is 3.31. The van der Waals surface area contributed by atoms with Crippen LogP contribution < -0.4 is 0 Å². The quantitative estimate of drug-likeness (QED) is 0.914. The van der Waals surface area contributed by atoms with Gasteiger partial charge in [-0.15, -0.1) is 11.3 Å². The van der Waals surface area contributed by atoms with Crippen LogP contribution in [0, 0.1) is 0 Å². The Bertz CT molecular complexity index is 670. The minimum absolute atomic E-state index is 0.00735. The molecule has 1 aromatic heterocycles. The fourth-order valence-corrected chi connectivity index (χ4v) is 3.61. The standard InChI is InChI=1S/C15H12O3S/c16-14(17)8-10-7-12-13(19-10)6-5-9-3-1-2-4-11(9)15(12)18/h1-4,7H,5-6,8H2,(H,16,17). The summed E-state index contributed by atoms with van der Waals surface area (Å²) in [4.78, 5) is 25.0. The van der Waals surface area contributed by atoms with Gasteiger partial charge in [-0.25, -0.2) is 0 Å². The highest BCUT2D eigenvalue weighted by Gasteiger charge is 2.23. The van der Waals surface area contributed by atoms with Crippen LogP contribution in [0.15, 0.2) is 30.3 Å². The van der Waals surface area contributed by atoms with Gasteiger partial charge in [-0.1, -0.05) is 24.3 Å². The number of aliphatic carboxylic acids is 1. The zero-order chi connectivity index (χ0) is 13.4. The van der Waals surface area contributed by atoms with Crippen LogP contribution in [0.25, 0.3) is 0 Å². The average Bonchev–Trinajstić information content (AvgIpc) is 2.72. The Labute approximate surface area is 114 Å². The van der Waals surface area contributed by atoms with Gasteiger partial charge in [0.15, 0.2) is 5.78 Å². The number of hydrogen-bond donors (Lipinski definition) is 1. The number of benzene rings is 1. The van der Waals surface area contributed by atoms with Crippen LogP contribution in [-0.4, -0.2) is 16.9 Å². The summed E-state index contributed by atoms with van der Waals surface area (Å²) < 4.78 is 0. The van der Waals surface area contributed by atoms with Gasteiger partial charge in [-0.3, -0.25) is 9.59 Å². The van der Waals surface area contributed by atoms with Crippen LogP contribution in [0.3, 0.4) is 0 Å². The Balaban J connectivity index is 2.05. The van der Waals surface area contributed by atoms with Crippen molar-refractivity contribution in [2.24, 2.45) is 0 Å². The molecule has 1 aliphatic rings. The van der Waals surface area contributed by atoms with Gasteiger partial charge in [0.2, 0.25) is 0 Å². The van der Waals surface area contributed by atoms with Gasteiger partial charge in [-0.05, 0) is 24.5 Å². The van der Waals surface area contributed by atoms with Crippen molar-refractivity contribution >= 4 is 23.1 Å². The SMILES string of the molecule is O=C(O)Cc1cc2c(s1)CCc1ccccc1C2=O. The highest BCUT2D eigenvalue weighted by atomic mass is 32.1. The molecule has 0 amide bonds. The third-order valence-corrected chi connectivity index (χ3v) is 4.51. The van der Waals surface area contributed by atoms with Crippen molar-refractivity contribution < 1.29 is 14.7 Å². The Morgan fingerprint density at radius 1 is 1.21 bits per heavy atom. The number of thiophene rings is 1. The summed E-state index contributed by atoms with van der Waals surface area (Å²) in [5, 5.41) is 8.83. The van der Waals surface area contributed by atoms with Crippen LogP contribution in [0.5, 0.6) is 0 Å². The predicted octanol–water partition coefficient (Wildman–Crippen LogP) is 2.70. The largest absolute Gasteiger partial charge is 0.481 e. The third kappa shape index (κ3) is 2.19. The molecule has 0 radical (unpaired) electrons. The van der Waals surface area contributed by atoms with Crippen molar-refractivity contribution in [3.8, 4) is 0 Å². The van der Waals surface area contributed by atoms with Crippen molar-refractivity contribution in [3.05, 3.63) is 56.8 Å². The summed E-state index contributed by atoms with van der Waals surface area (Å²) in [5.74, 6) is -0.833. The lowest BCUT2D eigenvalue weighted by Gasteiger charge is -2.02. The highest BCUT2D eigenvalue weighted by Crippen LogP contribution is 2.31. The molecule has 2 aromatic rings. The average molecular weight is 272 g/mol. The summed E-state index contributed by atoms with van der Waals surface area (Å²) in [7, 11) is 0. The molecule has 0 atom stereocenters. The number of carboxylic acids is 1. The van der Waals surface area contributed by atoms with Gasteiger partial charge in [0, 0.05) is 20.9 Å². The summed E-state index contributed by atoms with van der Waals surface area (Å²) in [5.41, 5.74) is 2.52. The number of carbonyl (C=O) groups excluding carboxylic acids is 1. The molecule has 1 heterocycles. The topological polar surface area (TPSA) is 54.4 Å².